The number of pyridine rings is 1. The summed E-state index contributed by atoms with van der Waals surface area (Å²) in [5.41, 5.74) is 8.55. The molecule has 2 aromatic rings. The number of rotatable bonds is 4. The third-order valence-corrected chi connectivity index (χ3v) is 4.57. The summed E-state index contributed by atoms with van der Waals surface area (Å²) in [4.78, 5) is 30.0. The highest BCUT2D eigenvalue weighted by Gasteiger charge is 2.32. The van der Waals surface area contributed by atoms with Crippen LogP contribution in [0.1, 0.15) is 27.4 Å². The van der Waals surface area contributed by atoms with E-state index < -0.39 is 0 Å². The van der Waals surface area contributed by atoms with Gasteiger partial charge in [0.1, 0.15) is 0 Å². The van der Waals surface area contributed by atoms with Gasteiger partial charge in [-0.2, -0.15) is 0 Å². The van der Waals surface area contributed by atoms with Gasteiger partial charge in [-0.1, -0.05) is 30.3 Å². The maximum atomic E-state index is 12.5. The summed E-state index contributed by atoms with van der Waals surface area (Å²) in [6, 6.07) is 11.6. The number of amides is 2. The summed E-state index contributed by atoms with van der Waals surface area (Å²) in [6.07, 6.45) is 6.27. The molecule has 26 heavy (non-hydrogen) atoms. The molecule has 3 rings (SSSR count). The van der Waals surface area contributed by atoms with Crippen molar-refractivity contribution in [2.24, 2.45) is 5.73 Å². The molecule has 0 unspecified atom stereocenters. The molecule has 6 nitrogen and oxygen atoms in total. The minimum Gasteiger partial charge on any atom is -0.355 e. The third kappa shape index (κ3) is 3.97. The van der Waals surface area contributed by atoms with Gasteiger partial charge in [0.15, 0.2) is 0 Å². The smallest absolute Gasteiger partial charge is 0.252 e. The van der Waals surface area contributed by atoms with Crippen molar-refractivity contribution in [1.29, 1.82) is 0 Å². The molecule has 1 aromatic heterocycles. The maximum absolute atomic E-state index is 12.5. The Bertz CT molecular complexity index is 820. The Balaban J connectivity index is 1.67. The summed E-state index contributed by atoms with van der Waals surface area (Å²) >= 11 is 0. The van der Waals surface area contributed by atoms with Crippen LogP contribution in [0.25, 0.3) is 6.08 Å². The van der Waals surface area contributed by atoms with Crippen LogP contribution in [0.15, 0.2) is 54.9 Å². The lowest BCUT2D eigenvalue weighted by atomic mass is 9.95. The van der Waals surface area contributed by atoms with Gasteiger partial charge in [-0.15, -0.1) is 0 Å². The van der Waals surface area contributed by atoms with E-state index in [1.165, 1.54) is 12.3 Å². The first-order valence-corrected chi connectivity index (χ1v) is 8.53. The molecule has 0 bridgehead atoms. The Hall–Kier alpha value is -2.99. The Morgan fingerprint density at radius 1 is 1.23 bits per heavy atom. The first-order chi connectivity index (χ1) is 12.6. The van der Waals surface area contributed by atoms with Gasteiger partial charge in [0.25, 0.3) is 5.91 Å². The molecule has 3 N–H and O–H groups in total. The van der Waals surface area contributed by atoms with Crippen molar-refractivity contribution in [3.05, 3.63) is 71.6 Å². The number of benzene rings is 1. The number of nitrogens with zero attached hydrogens (tertiary/aromatic N) is 2. The van der Waals surface area contributed by atoms with E-state index in [0.29, 0.717) is 24.2 Å². The average molecular weight is 350 g/mol. The summed E-state index contributed by atoms with van der Waals surface area (Å²) < 4.78 is 0. The van der Waals surface area contributed by atoms with Crippen LogP contribution in [0.2, 0.25) is 0 Å². The van der Waals surface area contributed by atoms with E-state index in [0.717, 1.165) is 5.56 Å². The molecule has 2 heterocycles. The fourth-order valence-electron chi connectivity index (χ4n) is 3.15. The van der Waals surface area contributed by atoms with Crippen molar-refractivity contribution in [3.63, 3.8) is 0 Å². The maximum Gasteiger partial charge on any atom is 0.252 e. The molecule has 134 valence electrons. The van der Waals surface area contributed by atoms with Gasteiger partial charge in [-0.05, 0) is 23.3 Å². The molecule has 0 spiro atoms. The van der Waals surface area contributed by atoms with E-state index in [9.17, 15) is 9.59 Å². The van der Waals surface area contributed by atoms with Crippen LogP contribution in [0, 0.1) is 0 Å². The monoisotopic (exact) mass is 350 g/mol. The van der Waals surface area contributed by atoms with Gasteiger partial charge in [-0.25, -0.2) is 0 Å². The quantitative estimate of drug-likeness (QED) is 0.816. The minimum atomic E-state index is -0.213. The molecule has 1 aliphatic heterocycles. The van der Waals surface area contributed by atoms with E-state index in [4.69, 9.17) is 5.73 Å². The normalized spacial score (nSPS) is 19.7. The zero-order valence-electron chi connectivity index (χ0n) is 14.6. The third-order valence-electron chi connectivity index (χ3n) is 4.57. The van der Waals surface area contributed by atoms with E-state index in [1.807, 2.05) is 30.3 Å². The minimum absolute atomic E-state index is 0.0759. The second kappa shape index (κ2) is 7.93. The number of aromatic nitrogens is 1. The summed E-state index contributed by atoms with van der Waals surface area (Å²) in [5, 5.41) is 2.55. The zero-order chi connectivity index (χ0) is 18.5. The molecular formula is C20H22N4O2. The molecular weight excluding hydrogens is 328 g/mol. The highest BCUT2D eigenvalue weighted by Crippen LogP contribution is 2.26. The number of hydrogen-bond donors (Lipinski definition) is 2. The van der Waals surface area contributed by atoms with E-state index in [2.05, 4.69) is 10.3 Å². The first-order valence-electron chi connectivity index (χ1n) is 8.53. The van der Waals surface area contributed by atoms with Crippen LogP contribution < -0.4 is 11.1 Å². The number of nitrogens with one attached hydrogen (secondary N) is 1. The lowest BCUT2D eigenvalue weighted by Gasteiger charge is -2.14. The van der Waals surface area contributed by atoms with Crippen molar-refractivity contribution >= 4 is 17.9 Å². The highest BCUT2D eigenvalue weighted by molar-refractivity contribution is 5.95. The van der Waals surface area contributed by atoms with Crippen LogP contribution in [-0.4, -0.2) is 47.9 Å². The summed E-state index contributed by atoms with van der Waals surface area (Å²) in [5.74, 6) is -0.161. The second-order valence-corrected chi connectivity index (χ2v) is 6.34. The molecule has 2 amide bonds. The molecule has 0 radical (unpaired) electrons. The lowest BCUT2D eigenvalue weighted by Crippen LogP contribution is -2.31. The molecule has 0 saturated carbocycles. The Morgan fingerprint density at radius 3 is 2.73 bits per heavy atom. The van der Waals surface area contributed by atoms with E-state index >= 15 is 0 Å². The van der Waals surface area contributed by atoms with Crippen molar-refractivity contribution < 1.29 is 9.59 Å². The number of carbonyl (C=O) groups excluding carboxylic acids is 2. The largest absolute Gasteiger partial charge is 0.355 e. The van der Waals surface area contributed by atoms with Crippen LogP contribution in [-0.2, 0) is 4.79 Å². The predicted molar refractivity (Wildman–Crippen MR) is 100 cm³/mol. The molecule has 1 fully saturated rings. The van der Waals surface area contributed by atoms with Gasteiger partial charge >= 0.3 is 0 Å². The fraction of sp³-hybridized carbons (Fsp3) is 0.250. The number of carbonyl (C=O) groups is 2. The predicted octanol–water partition coefficient (Wildman–Crippen LogP) is 1.41. The van der Waals surface area contributed by atoms with Crippen LogP contribution in [0.3, 0.4) is 0 Å². The molecule has 6 heteroatoms. The molecule has 2 atom stereocenters. The Kier molecular flexibility index (Phi) is 5.43. The van der Waals surface area contributed by atoms with E-state index in [1.54, 1.807) is 30.3 Å². The van der Waals surface area contributed by atoms with Crippen molar-refractivity contribution in [2.45, 2.75) is 12.0 Å². The topological polar surface area (TPSA) is 88.3 Å². The molecule has 0 aliphatic carbocycles. The standard InChI is InChI=1S/C20H22N4O2/c1-22-20(26)16-9-14(10-23-11-16)7-8-19(25)24-12-17(18(21)13-24)15-5-3-2-4-6-15/h2-11,17-18H,12-13,21H2,1H3,(H,22,26)/b8-7+/t17-,18+/m0/s1. The zero-order valence-corrected chi connectivity index (χ0v) is 14.6. The van der Waals surface area contributed by atoms with Crippen molar-refractivity contribution in [2.75, 3.05) is 20.1 Å². The van der Waals surface area contributed by atoms with E-state index in [-0.39, 0.29) is 23.8 Å². The van der Waals surface area contributed by atoms with Crippen LogP contribution >= 0.6 is 0 Å². The fourth-order valence-corrected chi connectivity index (χ4v) is 3.15. The summed E-state index contributed by atoms with van der Waals surface area (Å²) in [6.45, 7) is 1.13. The second-order valence-electron chi connectivity index (χ2n) is 6.34. The molecule has 1 aliphatic rings. The average Bonchev–Trinajstić information content (AvgIpc) is 3.08. The van der Waals surface area contributed by atoms with Crippen molar-refractivity contribution in [1.82, 2.24) is 15.2 Å². The van der Waals surface area contributed by atoms with Gasteiger partial charge in [-0.3, -0.25) is 14.6 Å². The SMILES string of the molecule is CNC(=O)c1cncc(/C=C/C(=O)N2C[C@@H](N)[C@H](c3ccccc3)C2)c1. The Morgan fingerprint density at radius 2 is 2.00 bits per heavy atom. The van der Waals surface area contributed by atoms with Crippen LogP contribution in [0.4, 0.5) is 0 Å². The Labute approximate surface area is 152 Å². The first kappa shape index (κ1) is 17.8. The van der Waals surface area contributed by atoms with Crippen molar-refractivity contribution in [3.8, 4) is 0 Å². The molecule has 1 aromatic carbocycles. The van der Waals surface area contributed by atoms with Gasteiger partial charge in [0.2, 0.25) is 5.91 Å². The van der Waals surface area contributed by atoms with Gasteiger partial charge < -0.3 is 16.0 Å². The van der Waals surface area contributed by atoms with Crippen LogP contribution in [0.5, 0.6) is 0 Å². The number of likely N-dealkylation sites (tertiary alicyclic amines) is 1. The van der Waals surface area contributed by atoms with Gasteiger partial charge in [0, 0.05) is 50.6 Å². The summed E-state index contributed by atoms with van der Waals surface area (Å²) in [7, 11) is 1.56. The van der Waals surface area contributed by atoms with Gasteiger partial charge in [0.05, 0.1) is 5.56 Å². The highest BCUT2D eigenvalue weighted by atomic mass is 16.2. The molecule has 1 saturated heterocycles. The lowest BCUT2D eigenvalue weighted by molar-refractivity contribution is -0.125. The number of nitrogens with two attached hydrogens (primary N) is 1. The number of hydrogen-bond acceptors (Lipinski definition) is 4.